The number of carbonyl (C=O) groups excluding carboxylic acids is 11. The first-order chi connectivity index (χ1) is 40.2. The largest absolute Gasteiger partial charge is 0.386 e. The van der Waals surface area contributed by atoms with Crippen molar-refractivity contribution in [2.45, 2.75) is 222 Å². The minimum Gasteiger partial charge on any atom is -0.386 e. The van der Waals surface area contributed by atoms with Crippen LogP contribution in [-0.4, -0.2) is 241 Å². The summed E-state index contributed by atoms with van der Waals surface area (Å²) in [4.78, 5) is 169. The van der Waals surface area contributed by atoms with E-state index in [1.54, 1.807) is 54.7 Å². The Morgan fingerprint density at radius 2 is 0.931 bits per heavy atom. The Kier molecular flexibility index (Phi) is 32.9. The molecule has 0 unspecified atom stereocenters. The van der Waals surface area contributed by atoms with Crippen LogP contribution >= 0.6 is 0 Å². The van der Waals surface area contributed by atoms with Crippen LogP contribution in [0, 0.1) is 35.5 Å². The molecule has 0 radical (unpaired) electrons. The lowest BCUT2D eigenvalue weighted by molar-refractivity contribution is -0.156. The lowest BCUT2D eigenvalue weighted by atomic mass is 9.94. The Morgan fingerprint density at radius 3 is 1.39 bits per heavy atom. The molecule has 0 aromatic carbocycles. The maximum Gasteiger partial charge on any atom is 0.246 e. The summed E-state index contributed by atoms with van der Waals surface area (Å²) >= 11 is 0. The number of nitrogens with one attached hydrogen (secondary N) is 4. The van der Waals surface area contributed by atoms with Crippen LogP contribution in [0.15, 0.2) is 11.6 Å². The van der Waals surface area contributed by atoms with E-state index in [2.05, 4.69) is 21.3 Å². The number of aliphatic hydroxyl groups is 1. The number of likely N-dealkylation sites (N-methyl/N-ethyl adjacent to an activating group) is 7. The highest BCUT2D eigenvalue weighted by atomic mass is 16.5. The molecule has 1 aliphatic rings. The minimum absolute atomic E-state index is 0.00671. The van der Waals surface area contributed by atoms with Gasteiger partial charge in [-0.2, -0.15) is 0 Å². The van der Waals surface area contributed by atoms with Crippen LogP contribution < -0.4 is 21.3 Å². The Hall–Kier alpha value is -6.17. The molecule has 1 fully saturated rings. The standard InChI is InChI=1S/C63H113N11O13/c1-25-44-59(82)68(17)34-49(75)69(18)45(30-35(2)3)56(79)67-50(39(10)11)62(85)70(19)46(31-36(4)5)55(78)64-42(15)54(77)65-43(16)58(81)71(20)47(32-37(6)7)60(83)72(21)48(33-38(8)9)61(84)73(22)51(40(12)13)63(86)74(23)52(57(80)66-44)53(76)41(14)28-26-27-29-87-24/h28,35-40,42-48,50-53,76H,25-27,29-34H2,1-24H3,(H,64,78)(H,65,77)(H,66,80)(H,67,79)/b41-28-/t42-,43+,44-,45-,46-,47-,48-,50-,51-,52-,53+/m0/s1. The van der Waals surface area contributed by atoms with Gasteiger partial charge in [0.2, 0.25) is 65.0 Å². The summed E-state index contributed by atoms with van der Waals surface area (Å²) in [6.07, 6.45) is 1.72. The quantitative estimate of drug-likeness (QED) is 0.104. The van der Waals surface area contributed by atoms with Crippen molar-refractivity contribution in [1.82, 2.24) is 55.6 Å². The first-order valence-electron chi connectivity index (χ1n) is 31.1. The van der Waals surface area contributed by atoms with Gasteiger partial charge in [-0.05, 0) is 107 Å². The van der Waals surface area contributed by atoms with Gasteiger partial charge in [0.1, 0.15) is 66.5 Å². The van der Waals surface area contributed by atoms with Gasteiger partial charge in [-0.25, -0.2) is 0 Å². The molecule has 24 heteroatoms. The SMILES string of the molecule is CC[C@@H]1NC(=O)[C@H]([C@H](O)/C(C)=C\CCCOC)N(C)C(=O)[C@H](C(C)C)N(C)C(=O)[C@H](CC(C)C)N(C)C(=O)[C@H](CC(C)C)N(C)C(=O)[C@@H](C)NC(=O)[C@H](C)NC(=O)[C@H](CC(C)C)N(C)C(=O)[C@H](C(C)C)NC(=O)[C@H](CC(C)C)N(C)C(=O)CN(C)C1=O. The van der Waals surface area contributed by atoms with E-state index in [9.17, 15) is 48.3 Å². The fourth-order valence-corrected chi connectivity index (χ4v) is 10.8. The second kappa shape index (κ2) is 36.3. The van der Waals surface area contributed by atoms with E-state index in [4.69, 9.17) is 4.74 Å². The van der Waals surface area contributed by atoms with Crippen molar-refractivity contribution >= 4 is 65.0 Å². The van der Waals surface area contributed by atoms with Gasteiger partial charge in [0.05, 0.1) is 6.54 Å². The summed E-state index contributed by atoms with van der Waals surface area (Å²) in [6, 6.07) is -12.5. The molecule has 11 amide bonds. The van der Waals surface area contributed by atoms with Crippen molar-refractivity contribution in [2.24, 2.45) is 35.5 Å². The molecule has 0 saturated carbocycles. The van der Waals surface area contributed by atoms with Gasteiger partial charge >= 0.3 is 0 Å². The van der Waals surface area contributed by atoms with Crippen molar-refractivity contribution in [1.29, 1.82) is 0 Å². The Morgan fingerprint density at radius 1 is 0.506 bits per heavy atom. The molecule has 0 aliphatic carbocycles. The van der Waals surface area contributed by atoms with Crippen molar-refractivity contribution in [3.63, 3.8) is 0 Å². The highest BCUT2D eigenvalue weighted by Gasteiger charge is 2.45. The number of methoxy groups -OCH3 is 1. The monoisotopic (exact) mass is 1230 g/mol. The maximum atomic E-state index is 15.2. The number of ether oxygens (including phenoxy) is 1. The van der Waals surface area contributed by atoms with E-state index < -0.39 is 150 Å². The smallest absolute Gasteiger partial charge is 0.246 e. The van der Waals surface area contributed by atoms with E-state index >= 15 is 9.59 Å². The zero-order valence-corrected chi connectivity index (χ0v) is 57.2. The molecular weight excluding hydrogens is 1120 g/mol. The molecule has 0 bridgehead atoms. The van der Waals surface area contributed by atoms with Crippen LogP contribution in [0.4, 0.5) is 0 Å². The molecule has 1 rings (SSSR count). The fraction of sp³-hybridized carbons (Fsp3) is 0.794. The highest BCUT2D eigenvalue weighted by Crippen LogP contribution is 2.25. The van der Waals surface area contributed by atoms with E-state index in [1.807, 2.05) is 55.4 Å². The van der Waals surface area contributed by atoms with E-state index in [-0.39, 0.29) is 55.8 Å². The highest BCUT2D eigenvalue weighted by molar-refractivity contribution is 5.99. The molecule has 24 nitrogen and oxygen atoms in total. The molecule has 1 saturated heterocycles. The second-order valence-electron chi connectivity index (χ2n) is 26.3. The number of hydrogen-bond donors (Lipinski definition) is 5. The van der Waals surface area contributed by atoms with Gasteiger partial charge in [0.15, 0.2) is 0 Å². The molecule has 498 valence electrons. The van der Waals surface area contributed by atoms with Crippen molar-refractivity contribution in [2.75, 3.05) is 69.6 Å². The van der Waals surface area contributed by atoms with Crippen molar-refractivity contribution < 1.29 is 62.6 Å². The van der Waals surface area contributed by atoms with Gasteiger partial charge in [-0.1, -0.05) is 96.1 Å². The number of hydrogen-bond acceptors (Lipinski definition) is 13. The van der Waals surface area contributed by atoms with Gasteiger partial charge < -0.3 is 65.4 Å². The number of allylic oxidation sites excluding steroid dienone is 1. The molecule has 0 aromatic rings. The average molecular weight is 1230 g/mol. The Labute approximate surface area is 520 Å². The van der Waals surface area contributed by atoms with E-state index in [0.29, 0.717) is 25.0 Å². The lowest BCUT2D eigenvalue weighted by Crippen LogP contribution is -2.63. The predicted molar refractivity (Wildman–Crippen MR) is 335 cm³/mol. The summed E-state index contributed by atoms with van der Waals surface area (Å²) in [6.45, 7) is 27.8. The number of unbranched alkanes of at least 4 members (excludes halogenated alkanes) is 1. The number of amides is 11. The van der Waals surface area contributed by atoms with E-state index in [0.717, 1.165) is 9.80 Å². The third kappa shape index (κ3) is 22.7. The number of carbonyl (C=O) groups is 11. The normalized spacial score (nSPS) is 26.3. The predicted octanol–water partition coefficient (Wildman–Crippen LogP) is 3.04. The molecule has 1 heterocycles. The first kappa shape index (κ1) is 78.8. The van der Waals surface area contributed by atoms with Crippen LogP contribution in [0.1, 0.15) is 156 Å². The lowest BCUT2D eigenvalue weighted by Gasteiger charge is -2.41. The summed E-state index contributed by atoms with van der Waals surface area (Å²) in [5.74, 6) is -9.27. The molecular formula is C63H113N11O13. The molecule has 0 spiro atoms. The molecule has 1 aliphatic heterocycles. The number of nitrogens with zero attached hydrogens (tertiary/aromatic N) is 7. The summed E-state index contributed by atoms with van der Waals surface area (Å²) in [5, 5.41) is 23.1. The van der Waals surface area contributed by atoms with Crippen LogP contribution in [-0.2, 0) is 57.5 Å². The Bertz CT molecular complexity index is 2380. The summed E-state index contributed by atoms with van der Waals surface area (Å²) in [5.41, 5.74) is 0.335. The van der Waals surface area contributed by atoms with Crippen molar-refractivity contribution in [3.8, 4) is 0 Å². The van der Waals surface area contributed by atoms with Crippen LogP contribution in [0.3, 0.4) is 0 Å². The maximum absolute atomic E-state index is 15.2. The van der Waals surface area contributed by atoms with Gasteiger partial charge in [0.25, 0.3) is 0 Å². The third-order valence-corrected chi connectivity index (χ3v) is 16.2. The van der Waals surface area contributed by atoms with Gasteiger partial charge in [-0.3, -0.25) is 52.7 Å². The molecule has 87 heavy (non-hydrogen) atoms. The second-order valence-corrected chi connectivity index (χ2v) is 26.3. The average Bonchev–Trinajstić information content (AvgIpc) is 1.87. The number of aliphatic hydroxyl groups excluding tert-OH is 1. The topological polar surface area (TPSA) is 288 Å². The summed E-state index contributed by atoms with van der Waals surface area (Å²) < 4.78 is 5.20. The van der Waals surface area contributed by atoms with Crippen LogP contribution in [0.2, 0.25) is 0 Å². The molecule has 5 N–H and O–H groups in total. The third-order valence-electron chi connectivity index (χ3n) is 16.2. The van der Waals surface area contributed by atoms with Gasteiger partial charge in [0, 0.05) is 63.1 Å². The summed E-state index contributed by atoms with van der Waals surface area (Å²) in [7, 11) is 11.4. The van der Waals surface area contributed by atoms with Crippen LogP contribution in [0.5, 0.6) is 0 Å². The fourth-order valence-electron chi connectivity index (χ4n) is 10.8. The molecule has 0 aromatic heterocycles. The zero-order valence-electron chi connectivity index (χ0n) is 57.2. The van der Waals surface area contributed by atoms with E-state index in [1.165, 1.54) is 87.7 Å². The van der Waals surface area contributed by atoms with Crippen molar-refractivity contribution in [3.05, 3.63) is 11.6 Å². The first-order valence-corrected chi connectivity index (χ1v) is 31.1. The van der Waals surface area contributed by atoms with Crippen LogP contribution in [0.25, 0.3) is 0 Å². The minimum atomic E-state index is -1.68. The van der Waals surface area contributed by atoms with Gasteiger partial charge in [-0.15, -0.1) is 0 Å². The number of rotatable bonds is 17. The zero-order chi connectivity index (χ0) is 67.4. The Balaban J connectivity index is 4.35. The molecule has 11 atom stereocenters.